The van der Waals surface area contributed by atoms with Gasteiger partial charge in [-0.25, -0.2) is 9.36 Å². The number of rotatable bonds is 4. The zero-order valence-corrected chi connectivity index (χ0v) is 15.6. The van der Waals surface area contributed by atoms with Crippen LogP contribution in [0.5, 0.6) is 0 Å². The standard InChI is InChI=1S/C19H25N7/c1-13-11-14(2)26(22-13)16-8-6-15(7-9-16)12-25-10-4-5-17(25)18-21-19(20)24(3)23-18/h6-9,11,17H,4-5,10,12H2,1-3H3,(H2,20,21,23). The highest BCUT2D eigenvalue weighted by molar-refractivity contribution is 5.36. The molecule has 1 aromatic carbocycles. The molecular weight excluding hydrogens is 326 g/mol. The van der Waals surface area contributed by atoms with Crippen molar-refractivity contribution in [2.75, 3.05) is 12.3 Å². The third kappa shape index (κ3) is 3.10. The van der Waals surface area contributed by atoms with Crippen molar-refractivity contribution in [1.29, 1.82) is 0 Å². The second-order valence-electron chi connectivity index (χ2n) is 7.09. The van der Waals surface area contributed by atoms with Crippen LogP contribution in [0.25, 0.3) is 5.69 Å². The number of benzene rings is 1. The van der Waals surface area contributed by atoms with Crippen LogP contribution in [0.1, 0.15) is 41.7 Å². The molecule has 4 rings (SSSR count). The number of hydrogen-bond acceptors (Lipinski definition) is 5. The van der Waals surface area contributed by atoms with Crippen LogP contribution in [0.2, 0.25) is 0 Å². The highest BCUT2D eigenvalue weighted by Gasteiger charge is 2.29. The zero-order valence-electron chi connectivity index (χ0n) is 15.6. The lowest BCUT2D eigenvalue weighted by atomic mass is 10.1. The van der Waals surface area contributed by atoms with Gasteiger partial charge in [0, 0.05) is 19.3 Å². The summed E-state index contributed by atoms with van der Waals surface area (Å²) in [5.74, 6) is 1.31. The van der Waals surface area contributed by atoms with Crippen molar-refractivity contribution in [3.05, 3.63) is 53.1 Å². The Morgan fingerprint density at radius 1 is 1.15 bits per heavy atom. The number of hydrogen-bond donors (Lipinski definition) is 1. The lowest BCUT2D eigenvalue weighted by Gasteiger charge is -2.22. The molecule has 136 valence electrons. The number of nitrogen functional groups attached to an aromatic ring is 1. The molecule has 1 unspecified atom stereocenters. The number of aryl methyl sites for hydroxylation is 3. The highest BCUT2D eigenvalue weighted by atomic mass is 15.4. The number of nitrogens with two attached hydrogens (primary N) is 1. The third-order valence-corrected chi connectivity index (χ3v) is 5.05. The van der Waals surface area contributed by atoms with Crippen molar-refractivity contribution in [2.45, 2.75) is 39.3 Å². The van der Waals surface area contributed by atoms with Crippen LogP contribution < -0.4 is 5.73 Å². The summed E-state index contributed by atoms with van der Waals surface area (Å²) in [5, 5.41) is 9.03. The average Bonchev–Trinajstić information content (AvgIpc) is 3.29. The molecule has 0 bridgehead atoms. The Morgan fingerprint density at radius 3 is 2.54 bits per heavy atom. The zero-order chi connectivity index (χ0) is 18.3. The van der Waals surface area contributed by atoms with Gasteiger partial charge in [-0.1, -0.05) is 12.1 Å². The Kier molecular flexibility index (Phi) is 4.24. The van der Waals surface area contributed by atoms with E-state index in [0.717, 1.165) is 48.8 Å². The van der Waals surface area contributed by atoms with Crippen molar-refractivity contribution in [3.8, 4) is 5.69 Å². The summed E-state index contributed by atoms with van der Waals surface area (Å²) in [6.07, 6.45) is 2.24. The topological polar surface area (TPSA) is 77.8 Å². The van der Waals surface area contributed by atoms with E-state index in [2.05, 4.69) is 57.3 Å². The van der Waals surface area contributed by atoms with Gasteiger partial charge in [0.1, 0.15) is 0 Å². The van der Waals surface area contributed by atoms with Crippen LogP contribution in [0.4, 0.5) is 5.95 Å². The van der Waals surface area contributed by atoms with E-state index in [0.29, 0.717) is 5.95 Å². The molecule has 7 nitrogen and oxygen atoms in total. The second kappa shape index (κ2) is 6.57. The molecule has 1 aliphatic heterocycles. The smallest absolute Gasteiger partial charge is 0.218 e. The largest absolute Gasteiger partial charge is 0.368 e. The SMILES string of the molecule is Cc1cc(C)n(-c2ccc(CN3CCCC3c3nc(N)n(C)n3)cc2)n1. The molecule has 3 aromatic rings. The summed E-state index contributed by atoms with van der Waals surface area (Å²) in [4.78, 5) is 6.86. The first-order valence-electron chi connectivity index (χ1n) is 9.04. The minimum absolute atomic E-state index is 0.245. The van der Waals surface area contributed by atoms with Crippen LogP contribution in [-0.2, 0) is 13.6 Å². The van der Waals surface area contributed by atoms with Crippen LogP contribution in [0, 0.1) is 13.8 Å². The lowest BCUT2D eigenvalue weighted by molar-refractivity contribution is 0.239. The first kappa shape index (κ1) is 16.8. The fourth-order valence-electron chi connectivity index (χ4n) is 3.73. The van der Waals surface area contributed by atoms with Crippen molar-refractivity contribution >= 4 is 5.95 Å². The van der Waals surface area contributed by atoms with Gasteiger partial charge in [0.15, 0.2) is 5.82 Å². The van der Waals surface area contributed by atoms with E-state index in [1.807, 2.05) is 18.7 Å². The molecule has 2 N–H and O–H groups in total. The molecule has 0 spiro atoms. The summed E-state index contributed by atoms with van der Waals surface area (Å²) in [6, 6.07) is 11.0. The molecule has 0 saturated carbocycles. The highest BCUT2D eigenvalue weighted by Crippen LogP contribution is 2.31. The number of likely N-dealkylation sites (tertiary alicyclic amines) is 1. The summed E-state index contributed by atoms with van der Waals surface area (Å²) in [6.45, 7) is 6.04. The van der Waals surface area contributed by atoms with Crippen LogP contribution in [0.15, 0.2) is 30.3 Å². The molecule has 1 saturated heterocycles. The fraction of sp³-hybridized carbons (Fsp3) is 0.421. The van der Waals surface area contributed by atoms with E-state index < -0.39 is 0 Å². The Morgan fingerprint density at radius 2 is 1.92 bits per heavy atom. The summed E-state index contributed by atoms with van der Waals surface area (Å²) < 4.78 is 3.63. The van der Waals surface area contributed by atoms with Gasteiger partial charge in [-0.15, -0.1) is 0 Å². The van der Waals surface area contributed by atoms with E-state index in [1.54, 1.807) is 4.68 Å². The maximum absolute atomic E-state index is 5.85. The Balaban J connectivity index is 1.50. The second-order valence-corrected chi connectivity index (χ2v) is 7.09. The Labute approximate surface area is 153 Å². The van der Waals surface area contributed by atoms with Crippen LogP contribution >= 0.6 is 0 Å². The minimum Gasteiger partial charge on any atom is -0.368 e. The van der Waals surface area contributed by atoms with Gasteiger partial charge < -0.3 is 5.73 Å². The molecule has 2 aromatic heterocycles. The molecule has 7 heteroatoms. The van der Waals surface area contributed by atoms with E-state index in [4.69, 9.17) is 5.73 Å². The molecule has 0 aliphatic carbocycles. The molecular formula is C19H25N7. The summed E-state index contributed by atoms with van der Waals surface area (Å²) in [7, 11) is 1.84. The molecule has 1 atom stereocenters. The maximum Gasteiger partial charge on any atom is 0.218 e. The number of anilines is 1. The van der Waals surface area contributed by atoms with Gasteiger partial charge in [-0.3, -0.25) is 4.90 Å². The van der Waals surface area contributed by atoms with Crippen molar-refractivity contribution in [2.24, 2.45) is 7.05 Å². The number of aromatic nitrogens is 5. The van der Waals surface area contributed by atoms with Gasteiger partial charge in [-0.2, -0.15) is 15.2 Å². The van der Waals surface area contributed by atoms with E-state index in [1.165, 1.54) is 5.56 Å². The van der Waals surface area contributed by atoms with E-state index in [-0.39, 0.29) is 6.04 Å². The molecule has 26 heavy (non-hydrogen) atoms. The summed E-state index contributed by atoms with van der Waals surface area (Å²) in [5.41, 5.74) is 10.4. The predicted octanol–water partition coefficient (Wildman–Crippen LogP) is 2.54. The van der Waals surface area contributed by atoms with E-state index in [9.17, 15) is 0 Å². The normalized spacial score (nSPS) is 17.9. The quantitative estimate of drug-likeness (QED) is 0.781. The predicted molar refractivity (Wildman–Crippen MR) is 101 cm³/mol. The van der Waals surface area contributed by atoms with Gasteiger partial charge in [0.2, 0.25) is 5.95 Å². The Hall–Kier alpha value is -2.67. The van der Waals surface area contributed by atoms with Gasteiger partial charge in [0.05, 0.1) is 17.4 Å². The van der Waals surface area contributed by atoms with Crippen molar-refractivity contribution in [1.82, 2.24) is 29.4 Å². The maximum atomic E-state index is 5.85. The first-order valence-corrected chi connectivity index (χ1v) is 9.04. The van der Waals surface area contributed by atoms with Gasteiger partial charge in [0.25, 0.3) is 0 Å². The van der Waals surface area contributed by atoms with Crippen LogP contribution in [-0.4, -0.2) is 36.0 Å². The summed E-state index contributed by atoms with van der Waals surface area (Å²) >= 11 is 0. The lowest BCUT2D eigenvalue weighted by Crippen LogP contribution is -2.23. The third-order valence-electron chi connectivity index (χ3n) is 5.05. The first-order chi connectivity index (χ1) is 12.5. The van der Waals surface area contributed by atoms with Gasteiger partial charge in [-0.05, 0) is 57.0 Å². The average molecular weight is 351 g/mol. The molecule has 1 fully saturated rings. The molecule has 0 radical (unpaired) electrons. The molecule has 0 amide bonds. The number of nitrogens with zero attached hydrogens (tertiary/aromatic N) is 6. The van der Waals surface area contributed by atoms with Crippen molar-refractivity contribution in [3.63, 3.8) is 0 Å². The fourth-order valence-corrected chi connectivity index (χ4v) is 3.73. The van der Waals surface area contributed by atoms with Crippen molar-refractivity contribution < 1.29 is 0 Å². The Bertz CT molecular complexity index is 887. The van der Waals surface area contributed by atoms with Crippen LogP contribution in [0.3, 0.4) is 0 Å². The van der Waals surface area contributed by atoms with E-state index >= 15 is 0 Å². The minimum atomic E-state index is 0.245. The monoisotopic (exact) mass is 351 g/mol. The van der Waals surface area contributed by atoms with Gasteiger partial charge >= 0.3 is 0 Å². The molecule has 3 heterocycles. The molecule has 1 aliphatic rings.